The van der Waals surface area contributed by atoms with E-state index in [4.69, 9.17) is 4.74 Å². The number of aliphatic imine (C=N–C) groups is 1. The smallest absolute Gasteiger partial charge is 0.218 e. The number of aromatic nitrogens is 1. The molecule has 0 aromatic carbocycles. The number of nitrogens with one attached hydrogen (secondary N) is 2. The van der Waals surface area contributed by atoms with E-state index < -0.39 is 0 Å². The number of aliphatic hydroxyl groups is 1. The van der Waals surface area contributed by atoms with E-state index in [0.717, 1.165) is 43.9 Å². The zero-order chi connectivity index (χ0) is 17.8. The fourth-order valence-electron chi connectivity index (χ4n) is 2.68. The summed E-state index contributed by atoms with van der Waals surface area (Å²) in [6.45, 7) is 8.68. The highest BCUT2D eigenvalue weighted by Crippen LogP contribution is 2.29. The number of aliphatic hydroxyl groups excluding tert-OH is 1. The topological polar surface area (TPSA) is 78.8 Å². The van der Waals surface area contributed by atoms with Gasteiger partial charge in [0.05, 0.1) is 13.7 Å². The van der Waals surface area contributed by atoms with Crippen molar-refractivity contribution < 1.29 is 9.84 Å². The van der Waals surface area contributed by atoms with Gasteiger partial charge in [0.15, 0.2) is 5.96 Å². The number of hydrogen-bond acceptors (Lipinski definition) is 4. The number of hydrogen-bond donors (Lipinski definition) is 3. The molecule has 144 valence electrons. The van der Waals surface area contributed by atoms with Crippen molar-refractivity contribution in [2.45, 2.75) is 46.6 Å². The number of nitrogens with zero attached hydrogens (tertiary/aromatic N) is 2. The van der Waals surface area contributed by atoms with E-state index in [0.29, 0.717) is 12.4 Å². The Morgan fingerprint density at radius 2 is 2.00 bits per heavy atom. The largest absolute Gasteiger partial charge is 0.481 e. The van der Waals surface area contributed by atoms with Crippen molar-refractivity contribution in [2.24, 2.45) is 10.4 Å². The Balaban J connectivity index is 0.00000576. The molecule has 1 rings (SSSR count). The quantitative estimate of drug-likeness (QED) is 0.282. The Morgan fingerprint density at radius 1 is 1.28 bits per heavy atom. The van der Waals surface area contributed by atoms with Crippen molar-refractivity contribution in [1.82, 2.24) is 15.6 Å². The van der Waals surface area contributed by atoms with Crippen LogP contribution in [-0.4, -0.2) is 42.9 Å². The summed E-state index contributed by atoms with van der Waals surface area (Å²) in [7, 11) is 1.62. The second-order valence-electron chi connectivity index (χ2n) is 5.90. The van der Waals surface area contributed by atoms with Gasteiger partial charge in [0.2, 0.25) is 5.88 Å². The molecule has 0 fully saturated rings. The molecule has 3 N–H and O–H groups in total. The summed E-state index contributed by atoms with van der Waals surface area (Å²) in [5.74, 6) is 1.38. The Morgan fingerprint density at radius 3 is 2.56 bits per heavy atom. The molecular formula is C18H33IN4O2. The van der Waals surface area contributed by atoms with Crippen LogP contribution in [0.15, 0.2) is 23.3 Å². The van der Waals surface area contributed by atoms with E-state index in [2.05, 4.69) is 34.5 Å². The molecule has 0 aliphatic rings. The number of guanidine groups is 1. The number of halogens is 1. The van der Waals surface area contributed by atoms with Gasteiger partial charge < -0.3 is 20.5 Å². The molecule has 7 heteroatoms. The lowest BCUT2D eigenvalue weighted by Crippen LogP contribution is -2.43. The Hall–Kier alpha value is -1.09. The normalized spacial score (nSPS) is 11.6. The molecule has 1 heterocycles. The molecule has 25 heavy (non-hydrogen) atoms. The maximum atomic E-state index is 9.35. The zero-order valence-electron chi connectivity index (χ0n) is 15.8. The summed E-state index contributed by atoms with van der Waals surface area (Å²) in [5, 5.41) is 16.0. The molecule has 0 saturated carbocycles. The molecule has 1 aromatic heterocycles. The molecule has 6 nitrogen and oxygen atoms in total. The molecule has 0 amide bonds. The highest BCUT2D eigenvalue weighted by Gasteiger charge is 2.25. The fourth-order valence-corrected chi connectivity index (χ4v) is 2.68. The van der Waals surface area contributed by atoms with Crippen molar-refractivity contribution in [3.8, 4) is 5.88 Å². The van der Waals surface area contributed by atoms with Gasteiger partial charge in [0.25, 0.3) is 0 Å². The molecule has 0 bridgehead atoms. The van der Waals surface area contributed by atoms with Crippen LogP contribution in [-0.2, 0) is 6.54 Å². The van der Waals surface area contributed by atoms with E-state index >= 15 is 0 Å². The van der Waals surface area contributed by atoms with Crippen LogP contribution in [0.1, 0.15) is 45.6 Å². The van der Waals surface area contributed by atoms with Gasteiger partial charge in [-0.15, -0.1) is 24.0 Å². The van der Waals surface area contributed by atoms with Crippen LogP contribution >= 0.6 is 24.0 Å². The third kappa shape index (κ3) is 7.77. The number of ether oxygens (including phenoxy) is 1. The van der Waals surface area contributed by atoms with Crippen molar-refractivity contribution in [3.05, 3.63) is 23.9 Å². The van der Waals surface area contributed by atoms with Crippen molar-refractivity contribution in [2.75, 3.05) is 26.8 Å². The zero-order valence-corrected chi connectivity index (χ0v) is 18.2. The van der Waals surface area contributed by atoms with E-state index in [9.17, 15) is 5.11 Å². The van der Waals surface area contributed by atoms with Gasteiger partial charge in [-0.25, -0.2) is 9.98 Å². The van der Waals surface area contributed by atoms with Gasteiger partial charge in [-0.1, -0.05) is 19.9 Å². The minimum absolute atomic E-state index is 0. The summed E-state index contributed by atoms with van der Waals surface area (Å²) >= 11 is 0. The average Bonchev–Trinajstić information content (AvgIpc) is 2.63. The number of methoxy groups -OCH3 is 1. The molecule has 0 spiro atoms. The highest BCUT2D eigenvalue weighted by atomic mass is 127. The predicted octanol–water partition coefficient (Wildman–Crippen LogP) is 2.95. The van der Waals surface area contributed by atoms with E-state index in [1.165, 1.54) is 0 Å². The standard InChI is InChI=1S/C18H32N4O2.HI/c1-5-18(6-2,10-12-23)14-22-17(19-7-3)21-13-15-9-8-11-20-16(15)24-4;/h8-9,11,23H,5-7,10,12-14H2,1-4H3,(H2,19,21,22);1H. The third-order valence-corrected chi connectivity index (χ3v) is 4.57. The fraction of sp³-hybridized carbons (Fsp3) is 0.667. The summed E-state index contributed by atoms with van der Waals surface area (Å²) in [4.78, 5) is 8.83. The first-order valence-corrected chi connectivity index (χ1v) is 8.75. The molecule has 1 aromatic rings. The summed E-state index contributed by atoms with van der Waals surface area (Å²) in [5.41, 5.74) is 1.04. The highest BCUT2D eigenvalue weighted by molar-refractivity contribution is 14.0. The van der Waals surface area contributed by atoms with Crippen LogP contribution in [0.5, 0.6) is 5.88 Å². The molecule has 0 aliphatic heterocycles. The van der Waals surface area contributed by atoms with E-state index in [-0.39, 0.29) is 36.0 Å². The van der Waals surface area contributed by atoms with E-state index in [1.54, 1.807) is 13.3 Å². The SMILES string of the molecule is CCNC(=NCc1cccnc1OC)NCC(CC)(CC)CCO.I. The number of pyridine rings is 1. The summed E-state index contributed by atoms with van der Waals surface area (Å²) in [6.07, 6.45) is 4.55. The first-order valence-electron chi connectivity index (χ1n) is 8.75. The van der Waals surface area contributed by atoms with Gasteiger partial charge in [-0.3, -0.25) is 0 Å². The lowest BCUT2D eigenvalue weighted by molar-refractivity contribution is 0.169. The van der Waals surface area contributed by atoms with Crippen LogP contribution in [0.2, 0.25) is 0 Å². The Kier molecular flexibility index (Phi) is 12.6. The monoisotopic (exact) mass is 464 g/mol. The first-order chi connectivity index (χ1) is 11.6. The lowest BCUT2D eigenvalue weighted by atomic mass is 9.79. The Bertz CT molecular complexity index is 508. The predicted molar refractivity (Wildman–Crippen MR) is 114 cm³/mol. The van der Waals surface area contributed by atoms with Gasteiger partial charge >= 0.3 is 0 Å². The molecule has 0 aliphatic carbocycles. The van der Waals surface area contributed by atoms with Crippen molar-refractivity contribution in [1.29, 1.82) is 0 Å². The minimum atomic E-state index is 0. The van der Waals surface area contributed by atoms with Crippen LogP contribution in [0.4, 0.5) is 0 Å². The maximum Gasteiger partial charge on any atom is 0.218 e. The number of rotatable bonds is 10. The molecule has 0 atom stereocenters. The van der Waals surface area contributed by atoms with Crippen molar-refractivity contribution >= 4 is 29.9 Å². The van der Waals surface area contributed by atoms with E-state index in [1.807, 2.05) is 19.1 Å². The van der Waals surface area contributed by atoms with Gasteiger partial charge in [-0.05, 0) is 37.7 Å². The third-order valence-electron chi connectivity index (χ3n) is 4.57. The molecule has 0 unspecified atom stereocenters. The van der Waals surface area contributed by atoms with Crippen LogP contribution in [0.3, 0.4) is 0 Å². The minimum Gasteiger partial charge on any atom is -0.481 e. The van der Waals surface area contributed by atoms with Gasteiger partial charge in [0, 0.05) is 31.5 Å². The van der Waals surface area contributed by atoms with Crippen molar-refractivity contribution in [3.63, 3.8) is 0 Å². The van der Waals surface area contributed by atoms with Crippen LogP contribution in [0.25, 0.3) is 0 Å². The molecule has 0 radical (unpaired) electrons. The van der Waals surface area contributed by atoms with Crippen LogP contribution in [0, 0.1) is 5.41 Å². The van der Waals surface area contributed by atoms with Gasteiger partial charge in [-0.2, -0.15) is 0 Å². The first kappa shape index (κ1) is 23.9. The summed E-state index contributed by atoms with van der Waals surface area (Å²) < 4.78 is 5.27. The molecule has 0 saturated heterocycles. The second-order valence-corrected chi connectivity index (χ2v) is 5.90. The van der Waals surface area contributed by atoms with Crippen LogP contribution < -0.4 is 15.4 Å². The summed E-state index contributed by atoms with van der Waals surface area (Å²) in [6, 6.07) is 3.85. The second kappa shape index (κ2) is 13.2. The average molecular weight is 464 g/mol. The maximum absolute atomic E-state index is 9.35. The lowest BCUT2D eigenvalue weighted by Gasteiger charge is -2.32. The Labute approximate surface area is 168 Å². The molecular weight excluding hydrogens is 431 g/mol. The van der Waals surface area contributed by atoms with Gasteiger partial charge in [0.1, 0.15) is 0 Å².